The topological polar surface area (TPSA) is 29.5 Å². The number of phenols is 1. The third-order valence-electron chi connectivity index (χ3n) is 2.08. The van der Waals surface area contributed by atoms with Crippen molar-refractivity contribution >= 4 is 0 Å². The van der Waals surface area contributed by atoms with Crippen LogP contribution in [0.15, 0.2) is 24.3 Å². The van der Waals surface area contributed by atoms with Crippen molar-refractivity contribution in [1.29, 1.82) is 0 Å². The number of aromatic hydroxyl groups is 1. The smallest absolute Gasteiger partial charge is 0.123 e. The molecule has 1 rings (SSSR count). The van der Waals surface area contributed by atoms with E-state index in [1.807, 2.05) is 13.0 Å². The fraction of sp³-hybridized carbons (Fsp3) is 0.455. The van der Waals surface area contributed by atoms with Crippen LogP contribution in [0, 0.1) is 5.92 Å². The van der Waals surface area contributed by atoms with Crippen LogP contribution < -0.4 is 4.74 Å². The molecule has 1 N–H and O–H groups in total. The lowest BCUT2D eigenvalue weighted by Gasteiger charge is -2.17. The van der Waals surface area contributed by atoms with Crippen LogP contribution in [0.4, 0.5) is 0 Å². The zero-order chi connectivity index (χ0) is 9.84. The Morgan fingerprint density at radius 3 is 2.46 bits per heavy atom. The molecule has 1 atom stereocenters. The van der Waals surface area contributed by atoms with Gasteiger partial charge in [-0.2, -0.15) is 0 Å². The number of rotatable bonds is 3. The number of benzene rings is 1. The predicted molar refractivity (Wildman–Crippen MR) is 53.0 cm³/mol. The van der Waals surface area contributed by atoms with Gasteiger partial charge >= 0.3 is 0 Å². The summed E-state index contributed by atoms with van der Waals surface area (Å²) in [6.07, 6.45) is 0.168. The molecule has 0 fully saturated rings. The second kappa shape index (κ2) is 4.17. The molecule has 1 aromatic rings. The molecule has 0 aliphatic rings. The molecule has 1 unspecified atom stereocenters. The average Bonchev–Trinajstić information content (AvgIpc) is 2.04. The SMILES string of the molecule is CC(C)C(C)Oc1cccc(O)c1. The quantitative estimate of drug-likeness (QED) is 0.775. The molecule has 13 heavy (non-hydrogen) atoms. The van der Waals surface area contributed by atoms with E-state index in [1.165, 1.54) is 0 Å². The maximum atomic E-state index is 9.18. The summed E-state index contributed by atoms with van der Waals surface area (Å²) in [5.74, 6) is 1.44. The van der Waals surface area contributed by atoms with Crippen molar-refractivity contribution in [2.45, 2.75) is 26.9 Å². The van der Waals surface area contributed by atoms with Crippen LogP contribution in [0.2, 0.25) is 0 Å². The second-order valence-corrected chi connectivity index (χ2v) is 3.56. The fourth-order valence-electron chi connectivity index (χ4n) is 0.908. The monoisotopic (exact) mass is 180 g/mol. The zero-order valence-electron chi connectivity index (χ0n) is 8.32. The lowest BCUT2D eigenvalue weighted by molar-refractivity contribution is 0.170. The molecule has 0 saturated carbocycles. The van der Waals surface area contributed by atoms with E-state index in [9.17, 15) is 5.11 Å². The highest BCUT2D eigenvalue weighted by atomic mass is 16.5. The van der Waals surface area contributed by atoms with Gasteiger partial charge in [0.2, 0.25) is 0 Å². The number of phenolic OH excluding ortho intramolecular Hbond substituents is 1. The Labute approximate surface area is 79.2 Å². The first-order chi connectivity index (χ1) is 6.09. The van der Waals surface area contributed by atoms with Crippen LogP contribution in [0.25, 0.3) is 0 Å². The van der Waals surface area contributed by atoms with Gasteiger partial charge in [0.1, 0.15) is 11.5 Å². The van der Waals surface area contributed by atoms with Gasteiger partial charge in [-0.05, 0) is 25.0 Å². The molecule has 0 heterocycles. The lowest BCUT2D eigenvalue weighted by atomic mass is 10.1. The molecular weight excluding hydrogens is 164 g/mol. The van der Waals surface area contributed by atoms with E-state index in [4.69, 9.17) is 4.74 Å². The van der Waals surface area contributed by atoms with Crippen molar-refractivity contribution in [3.05, 3.63) is 24.3 Å². The third kappa shape index (κ3) is 2.98. The summed E-state index contributed by atoms with van der Waals surface area (Å²) in [4.78, 5) is 0. The Bertz CT molecular complexity index is 269. The molecule has 1 aromatic carbocycles. The van der Waals surface area contributed by atoms with E-state index < -0.39 is 0 Å². The number of hydrogen-bond donors (Lipinski definition) is 1. The van der Waals surface area contributed by atoms with E-state index in [2.05, 4.69) is 13.8 Å². The molecule has 72 valence electrons. The minimum atomic E-state index is 0.168. The molecule has 0 radical (unpaired) electrons. The normalized spacial score (nSPS) is 12.9. The standard InChI is InChI=1S/C11H16O2/c1-8(2)9(3)13-11-6-4-5-10(12)7-11/h4-9,12H,1-3H3. The van der Waals surface area contributed by atoms with Crippen LogP contribution in [-0.4, -0.2) is 11.2 Å². The van der Waals surface area contributed by atoms with Crippen molar-refractivity contribution in [3.8, 4) is 11.5 Å². The number of hydrogen-bond acceptors (Lipinski definition) is 2. The minimum absolute atomic E-state index is 0.168. The first-order valence-electron chi connectivity index (χ1n) is 4.55. The Morgan fingerprint density at radius 2 is 1.92 bits per heavy atom. The first-order valence-corrected chi connectivity index (χ1v) is 4.55. The van der Waals surface area contributed by atoms with Gasteiger partial charge in [-0.15, -0.1) is 0 Å². The van der Waals surface area contributed by atoms with Crippen molar-refractivity contribution in [3.63, 3.8) is 0 Å². The molecule has 2 nitrogen and oxygen atoms in total. The van der Waals surface area contributed by atoms with Gasteiger partial charge in [0.05, 0.1) is 6.10 Å². The Balaban J connectivity index is 2.64. The second-order valence-electron chi connectivity index (χ2n) is 3.56. The van der Waals surface area contributed by atoms with Gasteiger partial charge in [0.25, 0.3) is 0 Å². The van der Waals surface area contributed by atoms with Gasteiger partial charge in [-0.3, -0.25) is 0 Å². The van der Waals surface area contributed by atoms with Gasteiger partial charge in [0, 0.05) is 6.07 Å². The van der Waals surface area contributed by atoms with Crippen LogP contribution >= 0.6 is 0 Å². The summed E-state index contributed by atoms with van der Waals surface area (Å²) in [5.41, 5.74) is 0. The zero-order valence-corrected chi connectivity index (χ0v) is 8.32. The maximum Gasteiger partial charge on any atom is 0.123 e. The van der Waals surface area contributed by atoms with Crippen LogP contribution in [0.1, 0.15) is 20.8 Å². The van der Waals surface area contributed by atoms with Gasteiger partial charge in [0.15, 0.2) is 0 Å². The molecular formula is C11H16O2. The van der Waals surface area contributed by atoms with Crippen molar-refractivity contribution in [2.24, 2.45) is 5.92 Å². The van der Waals surface area contributed by atoms with Gasteiger partial charge < -0.3 is 9.84 Å². The highest BCUT2D eigenvalue weighted by Crippen LogP contribution is 2.20. The van der Waals surface area contributed by atoms with Crippen LogP contribution in [-0.2, 0) is 0 Å². The molecule has 0 spiro atoms. The molecule has 0 bridgehead atoms. The predicted octanol–water partition coefficient (Wildman–Crippen LogP) is 2.82. The van der Waals surface area contributed by atoms with E-state index >= 15 is 0 Å². The van der Waals surface area contributed by atoms with Crippen molar-refractivity contribution in [2.75, 3.05) is 0 Å². The van der Waals surface area contributed by atoms with Gasteiger partial charge in [-0.1, -0.05) is 19.9 Å². The van der Waals surface area contributed by atoms with Crippen molar-refractivity contribution in [1.82, 2.24) is 0 Å². The summed E-state index contributed by atoms with van der Waals surface area (Å²) in [6.45, 7) is 6.23. The van der Waals surface area contributed by atoms with Gasteiger partial charge in [-0.25, -0.2) is 0 Å². The summed E-state index contributed by atoms with van der Waals surface area (Å²) < 4.78 is 5.60. The molecule has 0 saturated heterocycles. The highest BCUT2D eigenvalue weighted by molar-refractivity contribution is 5.31. The van der Waals surface area contributed by atoms with E-state index in [0.717, 1.165) is 5.75 Å². The minimum Gasteiger partial charge on any atom is -0.508 e. The molecule has 0 aliphatic heterocycles. The summed E-state index contributed by atoms with van der Waals surface area (Å²) >= 11 is 0. The van der Waals surface area contributed by atoms with Crippen LogP contribution in [0.5, 0.6) is 11.5 Å². The average molecular weight is 180 g/mol. The molecule has 0 aromatic heterocycles. The lowest BCUT2D eigenvalue weighted by Crippen LogP contribution is -2.18. The van der Waals surface area contributed by atoms with E-state index in [0.29, 0.717) is 5.92 Å². The third-order valence-corrected chi connectivity index (χ3v) is 2.08. The Hall–Kier alpha value is -1.18. The van der Waals surface area contributed by atoms with E-state index in [-0.39, 0.29) is 11.9 Å². The molecule has 0 amide bonds. The van der Waals surface area contributed by atoms with Crippen LogP contribution in [0.3, 0.4) is 0 Å². The fourth-order valence-corrected chi connectivity index (χ4v) is 0.908. The molecule has 2 heteroatoms. The summed E-state index contributed by atoms with van der Waals surface area (Å²) in [5, 5.41) is 9.18. The molecule has 0 aliphatic carbocycles. The largest absolute Gasteiger partial charge is 0.508 e. The summed E-state index contributed by atoms with van der Waals surface area (Å²) in [6, 6.07) is 6.88. The van der Waals surface area contributed by atoms with E-state index in [1.54, 1.807) is 18.2 Å². The number of ether oxygens (including phenoxy) is 1. The highest BCUT2D eigenvalue weighted by Gasteiger charge is 2.08. The maximum absolute atomic E-state index is 9.18. The Morgan fingerprint density at radius 1 is 1.23 bits per heavy atom. The Kier molecular flexibility index (Phi) is 3.18. The summed E-state index contributed by atoms with van der Waals surface area (Å²) in [7, 11) is 0. The van der Waals surface area contributed by atoms with Crippen molar-refractivity contribution < 1.29 is 9.84 Å². The first kappa shape index (κ1) is 9.90.